The van der Waals surface area contributed by atoms with Gasteiger partial charge in [0.25, 0.3) is 0 Å². The molecule has 0 N–H and O–H groups in total. The molecule has 4 heteroatoms. The molecule has 0 radical (unpaired) electrons. The van der Waals surface area contributed by atoms with E-state index in [0.29, 0.717) is 12.1 Å². The van der Waals surface area contributed by atoms with E-state index in [1.165, 1.54) is 0 Å². The van der Waals surface area contributed by atoms with E-state index < -0.39 is 0 Å². The van der Waals surface area contributed by atoms with E-state index in [-0.39, 0.29) is 5.63 Å². The van der Waals surface area contributed by atoms with E-state index in [1.807, 2.05) is 50.8 Å². The molecule has 2 aromatic heterocycles. The maximum absolute atomic E-state index is 12.0. The summed E-state index contributed by atoms with van der Waals surface area (Å²) >= 11 is 0. The van der Waals surface area contributed by atoms with Crippen molar-refractivity contribution in [2.45, 2.75) is 6.54 Å². The molecule has 0 unspecified atom stereocenters. The number of hydrogen-bond acceptors (Lipinski definition) is 3. The minimum atomic E-state index is -0.316. The first-order chi connectivity index (χ1) is 12.1. The van der Waals surface area contributed by atoms with Gasteiger partial charge in [0, 0.05) is 48.9 Å². The first-order valence-electron chi connectivity index (χ1n) is 8.23. The van der Waals surface area contributed by atoms with Crippen LogP contribution in [0.4, 0.5) is 5.69 Å². The van der Waals surface area contributed by atoms with Gasteiger partial charge in [-0.3, -0.25) is 0 Å². The highest BCUT2D eigenvalue weighted by Crippen LogP contribution is 2.27. The van der Waals surface area contributed by atoms with E-state index in [9.17, 15) is 4.79 Å². The Kier molecular flexibility index (Phi) is 3.73. The van der Waals surface area contributed by atoms with Crippen LogP contribution in [0.2, 0.25) is 0 Å². The molecule has 4 rings (SSSR count). The van der Waals surface area contributed by atoms with Gasteiger partial charge in [-0.1, -0.05) is 30.3 Å². The average molecular weight is 331 g/mol. The van der Waals surface area contributed by atoms with Gasteiger partial charge < -0.3 is 9.32 Å². The second-order valence-electron chi connectivity index (χ2n) is 6.37. The van der Waals surface area contributed by atoms with Gasteiger partial charge >= 0.3 is 5.63 Å². The van der Waals surface area contributed by atoms with Crippen LogP contribution in [-0.2, 0) is 6.54 Å². The zero-order valence-corrected chi connectivity index (χ0v) is 14.3. The monoisotopic (exact) mass is 331 g/mol. The highest BCUT2D eigenvalue weighted by molar-refractivity contribution is 6.06. The van der Waals surface area contributed by atoms with Crippen LogP contribution in [0, 0.1) is 0 Å². The quantitative estimate of drug-likeness (QED) is 0.328. The van der Waals surface area contributed by atoms with E-state index in [1.54, 1.807) is 6.07 Å². The summed E-state index contributed by atoms with van der Waals surface area (Å²) in [6, 6.07) is 17.8. The topological polar surface area (TPSA) is 37.3 Å². The molecule has 2 aromatic carbocycles. The van der Waals surface area contributed by atoms with E-state index in [2.05, 4.69) is 33.7 Å². The first-order valence-corrected chi connectivity index (χ1v) is 8.23. The number of fused-ring (bicyclic) bond motifs is 3. The van der Waals surface area contributed by atoms with Crippen LogP contribution in [-0.4, -0.2) is 14.1 Å². The lowest BCUT2D eigenvalue weighted by molar-refractivity contribution is -0.688. The first kappa shape index (κ1) is 15.4. The van der Waals surface area contributed by atoms with Crippen molar-refractivity contribution in [3.05, 3.63) is 83.0 Å². The minimum Gasteiger partial charge on any atom is -0.423 e. The highest BCUT2D eigenvalue weighted by Gasteiger charge is 2.13. The maximum Gasteiger partial charge on any atom is 0.336 e. The number of hydrogen-bond donors (Lipinski definition) is 0. The third-order valence-electron chi connectivity index (χ3n) is 4.46. The predicted molar refractivity (Wildman–Crippen MR) is 100 cm³/mol. The maximum atomic E-state index is 12.0. The fourth-order valence-electron chi connectivity index (χ4n) is 3.19. The smallest absolute Gasteiger partial charge is 0.336 e. The van der Waals surface area contributed by atoms with Crippen LogP contribution in [0.1, 0.15) is 5.56 Å². The van der Waals surface area contributed by atoms with Gasteiger partial charge in [0.2, 0.25) is 0 Å². The Morgan fingerprint density at radius 3 is 2.52 bits per heavy atom. The molecule has 0 bridgehead atoms. The van der Waals surface area contributed by atoms with Gasteiger partial charge in [-0.25, -0.2) is 9.36 Å². The SMILES string of the molecule is CN(C)c1cc[n+](Cc2cc(=O)oc3ccc4ccccc4c23)cc1. The molecule has 0 aliphatic carbocycles. The van der Waals surface area contributed by atoms with Crippen LogP contribution < -0.4 is 15.1 Å². The molecule has 0 saturated heterocycles. The molecule has 2 heterocycles. The molecule has 0 fully saturated rings. The van der Waals surface area contributed by atoms with Crippen molar-refractivity contribution in [2.75, 3.05) is 19.0 Å². The van der Waals surface area contributed by atoms with Crippen molar-refractivity contribution < 1.29 is 8.98 Å². The van der Waals surface area contributed by atoms with Crippen molar-refractivity contribution >= 4 is 27.4 Å². The van der Waals surface area contributed by atoms with Crippen LogP contribution in [0.5, 0.6) is 0 Å². The Morgan fingerprint density at radius 2 is 1.76 bits per heavy atom. The lowest BCUT2D eigenvalue weighted by atomic mass is 10.0. The van der Waals surface area contributed by atoms with Crippen molar-refractivity contribution in [3.8, 4) is 0 Å². The normalized spacial score (nSPS) is 11.1. The van der Waals surface area contributed by atoms with Gasteiger partial charge in [-0.05, 0) is 16.8 Å². The summed E-state index contributed by atoms with van der Waals surface area (Å²) in [5.41, 5.74) is 2.42. The number of aromatic nitrogens is 1. The van der Waals surface area contributed by atoms with Crippen molar-refractivity contribution in [3.63, 3.8) is 0 Å². The minimum absolute atomic E-state index is 0.316. The fourth-order valence-corrected chi connectivity index (χ4v) is 3.19. The van der Waals surface area contributed by atoms with Crippen LogP contribution >= 0.6 is 0 Å². The molecule has 4 nitrogen and oxygen atoms in total. The zero-order chi connectivity index (χ0) is 17.4. The molecular weight excluding hydrogens is 312 g/mol. The second-order valence-corrected chi connectivity index (χ2v) is 6.37. The Hall–Kier alpha value is -3.14. The number of anilines is 1. The van der Waals surface area contributed by atoms with E-state index in [4.69, 9.17) is 4.42 Å². The molecule has 0 amide bonds. The molecule has 0 spiro atoms. The van der Waals surface area contributed by atoms with Gasteiger partial charge in [0.05, 0.1) is 0 Å². The van der Waals surface area contributed by atoms with Gasteiger partial charge in [0.1, 0.15) is 5.58 Å². The summed E-state index contributed by atoms with van der Waals surface area (Å²) in [4.78, 5) is 14.1. The Labute approximate surface area is 145 Å². The average Bonchev–Trinajstić information content (AvgIpc) is 2.61. The number of pyridine rings is 1. The largest absolute Gasteiger partial charge is 0.423 e. The molecule has 25 heavy (non-hydrogen) atoms. The second kappa shape index (κ2) is 6.06. The van der Waals surface area contributed by atoms with Crippen LogP contribution in [0.3, 0.4) is 0 Å². The summed E-state index contributed by atoms with van der Waals surface area (Å²) in [7, 11) is 4.03. The zero-order valence-electron chi connectivity index (χ0n) is 14.3. The summed E-state index contributed by atoms with van der Waals surface area (Å²) in [5.74, 6) is 0. The summed E-state index contributed by atoms with van der Waals surface area (Å²) in [5, 5.41) is 3.24. The summed E-state index contributed by atoms with van der Waals surface area (Å²) in [6.45, 7) is 0.615. The van der Waals surface area contributed by atoms with E-state index in [0.717, 1.165) is 27.4 Å². The third-order valence-corrected chi connectivity index (χ3v) is 4.46. The van der Waals surface area contributed by atoms with Gasteiger partial charge in [0.15, 0.2) is 18.9 Å². The molecule has 0 aliphatic heterocycles. The number of nitrogens with zero attached hydrogens (tertiary/aromatic N) is 2. The Morgan fingerprint density at radius 1 is 1.00 bits per heavy atom. The van der Waals surface area contributed by atoms with Gasteiger partial charge in [-0.15, -0.1) is 0 Å². The lowest BCUT2D eigenvalue weighted by Gasteiger charge is -2.11. The molecular formula is C21H19N2O2+. The lowest BCUT2D eigenvalue weighted by Crippen LogP contribution is -2.34. The highest BCUT2D eigenvalue weighted by atomic mass is 16.4. The van der Waals surface area contributed by atoms with E-state index >= 15 is 0 Å². The predicted octanol–water partition coefficient (Wildman–Crippen LogP) is 3.35. The summed E-state index contributed by atoms with van der Waals surface area (Å²) < 4.78 is 7.50. The summed E-state index contributed by atoms with van der Waals surface area (Å²) in [6.07, 6.45) is 4.06. The Bertz CT molecular complexity index is 1110. The molecule has 4 aromatic rings. The molecule has 0 atom stereocenters. The van der Waals surface area contributed by atoms with Crippen molar-refractivity contribution in [2.24, 2.45) is 0 Å². The third kappa shape index (κ3) is 2.87. The van der Waals surface area contributed by atoms with Gasteiger partial charge in [-0.2, -0.15) is 0 Å². The standard InChI is InChI=1S/C21H19N2O2/c1-22(2)17-9-11-23(12-10-17)14-16-13-20(24)25-19-8-7-15-5-3-4-6-18(15)21(16)19/h3-13H,14H2,1-2H3/q+1. The van der Waals surface area contributed by atoms with Crippen LogP contribution in [0.25, 0.3) is 21.7 Å². The fraction of sp³-hybridized carbons (Fsp3) is 0.143. The number of rotatable bonds is 3. The van der Waals surface area contributed by atoms with Crippen molar-refractivity contribution in [1.29, 1.82) is 0 Å². The van der Waals surface area contributed by atoms with Crippen LogP contribution in [0.15, 0.2) is 76.2 Å². The molecule has 0 saturated carbocycles. The molecule has 124 valence electrons. The Balaban J connectivity index is 1.88. The number of benzene rings is 2. The molecule has 0 aliphatic rings. The van der Waals surface area contributed by atoms with Crippen molar-refractivity contribution in [1.82, 2.24) is 0 Å².